The number of carbonyl (C=O) groups excluding carboxylic acids is 1. The average molecular weight is 466 g/mol. The molecule has 178 valence electrons. The molecule has 34 heavy (non-hydrogen) atoms. The molecular formula is C24H27N5O5. The maximum atomic E-state index is 13.2. The van der Waals surface area contributed by atoms with Crippen LogP contribution in [0.2, 0.25) is 0 Å². The number of benzene rings is 1. The number of rotatable bonds is 10. The maximum absolute atomic E-state index is 13.2. The number of morpholine rings is 1. The number of amides is 1. The van der Waals surface area contributed by atoms with Gasteiger partial charge in [0.25, 0.3) is 5.91 Å². The van der Waals surface area contributed by atoms with E-state index in [0.717, 1.165) is 10.9 Å². The minimum Gasteiger partial charge on any atom is -0.460 e. The zero-order chi connectivity index (χ0) is 23.9. The molecule has 1 saturated heterocycles. The predicted octanol–water partition coefficient (Wildman–Crippen LogP) is 2.41. The fourth-order valence-corrected chi connectivity index (χ4v) is 3.61. The summed E-state index contributed by atoms with van der Waals surface area (Å²) in [6.45, 7) is 9.09. The largest absolute Gasteiger partial charge is 0.460 e. The van der Waals surface area contributed by atoms with Gasteiger partial charge in [0, 0.05) is 24.5 Å². The summed E-state index contributed by atoms with van der Waals surface area (Å²) in [5.41, 5.74) is 1.64. The summed E-state index contributed by atoms with van der Waals surface area (Å²) in [4.78, 5) is 27.4. The zero-order valence-electron chi connectivity index (χ0n) is 19.1. The molecular weight excluding hydrogens is 438 g/mol. The fraction of sp³-hybridized carbons (Fsp3) is 0.333. The standard InChI is InChI=1S/C24H27N5O5/c1-4-11-32-22-25-23(33-12-5-2)27-24(26-22)34-16-18-15-29(10-13-31-18)21(30)20-14-17-8-6-7-9-19(17)28(20)3/h4-9,14,18H,1-2,10-13,15-16H2,3H3. The van der Waals surface area contributed by atoms with Crippen molar-refractivity contribution in [3.05, 3.63) is 61.3 Å². The summed E-state index contributed by atoms with van der Waals surface area (Å²) in [5, 5.41) is 1.03. The van der Waals surface area contributed by atoms with Crippen LogP contribution in [0.25, 0.3) is 10.9 Å². The minimum atomic E-state index is -0.348. The summed E-state index contributed by atoms with van der Waals surface area (Å²) < 4.78 is 24.3. The van der Waals surface area contributed by atoms with Gasteiger partial charge in [-0.1, -0.05) is 43.5 Å². The summed E-state index contributed by atoms with van der Waals surface area (Å²) in [7, 11) is 1.90. The van der Waals surface area contributed by atoms with Crippen LogP contribution in [-0.2, 0) is 11.8 Å². The average Bonchev–Trinajstić information content (AvgIpc) is 3.21. The van der Waals surface area contributed by atoms with Crippen LogP contribution in [0.1, 0.15) is 10.5 Å². The second-order valence-electron chi connectivity index (χ2n) is 7.58. The van der Waals surface area contributed by atoms with Crippen LogP contribution in [0, 0.1) is 0 Å². The molecule has 0 radical (unpaired) electrons. The van der Waals surface area contributed by atoms with Crippen molar-refractivity contribution in [2.75, 3.05) is 39.5 Å². The van der Waals surface area contributed by atoms with E-state index in [1.165, 1.54) is 0 Å². The Morgan fingerprint density at radius 1 is 1.09 bits per heavy atom. The molecule has 3 aromatic rings. The van der Waals surface area contributed by atoms with Gasteiger partial charge in [0.05, 0.1) is 13.2 Å². The number of aryl methyl sites for hydroxylation is 1. The predicted molar refractivity (Wildman–Crippen MR) is 125 cm³/mol. The van der Waals surface area contributed by atoms with Crippen molar-refractivity contribution in [2.45, 2.75) is 6.10 Å². The second-order valence-corrected chi connectivity index (χ2v) is 7.58. The molecule has 1 amide bonds. The van der Waals surface area contributed by atoms with Crippen LogP contribution in [0.5, 0.6) is 18.0 Å². The summed E-state index contributed by atoms with van der Waals surface area (Å²) in [5.74, 6) is -0.0487. The Labute approximate surface area is 197 Å². The van der Waals surface area contributed by atoms with Crippen LogP contribution >= 0.6 is 0 Å². The first-order valence-corrected chi connectivity index (χ1v) is 10.9. The Kier molecular flexibility index (Phi) is 7.38. The Hall–Kier alpha value is -3.92. The lowest BCUT2D eigenvalue weighted by Gasteiger charge is -2.32. The molecule has 0 saturated carbocycles. The van der Waals surface area contributed by atoms with Gasteiger partial charge in [-0.2, -0.15) is 0 Å². The van der Waals surface area contributed by atoms with Crippen LogP contribution in [0.15, 0.2) is 55.6 Å². The van der Waals surface area contributed by atoms with Crippen molar-refractivity contribution in [3.8, 4) is 18.0 Å². The second kappa shape index (κ2) is 10.8. The first-order valence-electron chi connectivity index (χ1n) is 10.9. The third kappa shape index (κ3) is 5.34. The number of ether oxygens (including phenoxy) is 4. The van der Waals surface area contributed by atoms with Gasteiger partial charge in [-0.15, -0.1) is 15.0 Å². The highest BCUT2D eigenvalue weighted by atomic mass is 16.6. The van der Waals surface area contributed by atoms with E-state index in [9.17, 15) is 4.79 Å². The van der Waals surface area contributed by atoms with Crippen molar-refractivity contribution in [1.29, 1.82) is 0 Å². The van der Waals surface area contributed by atoms with E-state index in [0.29, 0.717) is 25.4 Å². The molecule has 0 spiro atoms. The topological polar surface area (TPSA) is 101 Å². The lowest BCUT2D eigenvalue weighted by atomic mass is 10.2. The number of para-hydroxylation sites is 1. The van der Waals surface area contributed by atoms with Gasteiger partial charge < -0.3 is 28.4 Å². The number of hydrogen-bond acceptors (Lipinski definition) is 8. The van der Waals surface area contributed by atoms with Gasteiger partial charge in [0.1, 0.15) is 31.6 Å². The SMILES string of the molecule is C=CCOc1nc(OCC=C)nc(OCC2CN(C(=O)c3cc4ccccc4n3C)CCO2)n1. The normalized spacial score (nSPS) is 15.7. The molecule has 10 heteroatoms. The molecule has 4 rings (SSSR count). The molecule has 1 atom stereocenters. The first-order chi connectivity index (χ1) is 16.6. The van der Waals surface area contributed by atoms with Crippen LogP contribution < -0.4 is 14.2 Å². The van der Waals surface area contributed by atoms with Crippen LogP contribution in [0.4, 0.5) is 0 Å². The Bertz CT molecular complexity index is 1150. The van der Waals surface area contributed by atoms with E-state index in [1.807, 2.05) is 41.9 Å². The highest BCUT2D eigenvalue weighted by Crippen LogP contribution is 2.21. The molecule has 1 unspecified atom stereocenters. The maximum Gasteiger partial charge on any atom is 0.326 e. The van der Waals surface area contributed by atoms with Gasteiger partial charge in [0.15, 0.2) is 0 Å². The van der Waals surface area contributed by atoms with Gasteiger partial charge in [-0.25, -0.2) is 0 Å². The molecule has 1 aliphatic rings. The Balaban J connectivity index is 1.41. The summed E-state index contributed by atoms with van der Waals surface area (Å²) >= 11 is 0. The summed E-state index contributed by atoms with van der Waals surface area (Å²) in [6.07, 6.45) is 2.80. The number of carbonyl (C=O) groups is 1. The van der Waals surface area contributed by atoms with Gasteiger partial charge in [0.2, 0.25) is 0 Å². The molecule has 1 aromatic carbocycles. The monoisotopic (exact) mass is 465 g/mol. The zero-order valence-corrected chi connectivity index (χ0v) is 19.1. The lowest BCUT2D eigenvalue weighted by molar-refractivity contribution is -0.0417. The smallest absolute Gasteiger partial charge is 0.326 e. The Morgan fingerprint density at radius 3 is 2.38 bits per heavy atom. The van der Waals surface area contributed by atoms with E-state index < -0.39 is 0 Å². The lowest BCUT2D eigenvalue weighted by Crippen LogP contribution is -2.48. The number of nitrogens with zero attached hydrogens (tertiary/aromatic N) is 5. The molecule has 2 aromatic heterocycles. The van der Waals surface area contributed by atoms with E-state index in [-0.39, 0.29) is 49.9 Å². The van der Waals surface area contributed by atoms with E-state index in [2.05, 4.69) is 28.1 Å². The van der Waals surface area contributed by atoms with E-state index in [4.69, 9.17) is 18.9 Å². The summed E-state index contributed by atoms with van der Waals surface area (Å²) in [6, 6.07) is 9.98. The van der Waals surface area contributed by atoms with Crippen molar-refractivity contribution in [3.63, 3.8) is 0 Å². The number of hydrogen-bond donors (Lipinski definition) is 0. The van der Waals surface area contributed by atoms with Crippen LogP contribution in [-0.4, -0.2) is 75.9 Å². The number of aromatic nitrogens is 4. The third-order valence-corrected chi connectivity index (χ3v) is 5.23. The molecule has 0 aliphatic carbocycles. The third-order valence-electron chi connectivity index (χ3n) is 5.23. The van der Waals surface area contributed by atoms with Crippen molar-refractivity contribution >= 4 is 16.8 Å². The quantitative estimate of drug-likeness (QED) is 0.421. The van der Waals surface area contributed by atoms with Gasteiger partial charge in [-0.3, -0.25) is 4.79 Å². The van der Waals surface area contributed by atoms with Crippen molar-refractivity contribution in [2.24, 2.45) is 7.05 Å². The van der Waals surface area contributed by atoms with Crippen molar-refractivity contribution < 1.29 is 23.7 Å². The van der Waals surface area contributed by atoms with Crippen LogP contribution in [0.3, 0.4) is 0 Å². The fourth-order valence-electron chi connectivity index (χ4n) is 3.61. The molecule has 0 bridgehead atoms. The van der Waals surface area contributed by atoms with Gasteiger partial charge in [-0.05, 0) is 12.1 Å². The molecule has 0 N–H and O–H groups in total. The molecule has 10 nitrogen and oxygen atoms in total. The van der Waals surface area contributed by atoms with Crippen molar-refractivity contribution in [1.82, 2.24) is 24.4 Å². The number of fused-ring (bicyclic) bond motifs is 1. The molecule has 1 fully saturated rings. The Morgan fingerprint density at radius 2 is 1.74 bits per heavy atom. The highest BCUT2D eigenvalue weighted by molar-refractivity contribution is 5.98. The van der Waals surface area contributed by atoms with E-state index >= 15 is 0 Å². The molecule has 1 aliphatic heterocycles. The first kappa shape index (κ1) is 23.2. The minimum absolute atomic E-state index is 0.0360. The molecule has 3 heterocycles. The van der Waals surface area contributed by atoms with Gasteiger partial charge >= 0.3 is 18.0 Å². The highest BCUT2D eigenvalue weighted by Gasteiger charge is 2.28. The van der Waals surface area contributed by atoms with E-state index in [1.54, 1.807) is 17.1 Å².